The molecule has 1 aliphatic heterocycles. The lowest BCUT2D eigenvalue weighted by Gasteiger charge is -2.40. The van der Waals surface area contributed by atoms with Crippen molar-refractivity contribution in [2.75, 3.05) is 11.4 Å². The number of nitrogens with one attached hydrogen (secondary N) is 1. The Morgan fingerprint density at radius 1 is 1.11 bits per heavy atom. The molecule has 1 saturated heterocycles. The summed E-state index contributed by atoms with van der Waals surface area (Å²) in [5.41, 5.74) is -0.255. The lowest BCUT2D eigenvalue weighted by Crippen LogP contribution is -2.58. The zero-order valence-corrected chi connectivity index (χ0v) is 25.8. The zero-order valence-electron chi connectivity index (χ0n) is 25.8. The van der Waals surface area contributed by atoms with Crippen molar-refractivity contribution in [3.63, 3.8) is 0 Å². The van der Waals surface area contributed by atoms with Gasteiger partial charge in [0.1, 0.15) is 6.04 Å². The molecule has 10 heteroatoms. The van der Waals surface area contributed by atoms with Gasteiger partial charge in [-0.2, -0.15) is 13.2 Å². The number of hydrogen-bond acceptors (Lipinski definition) is 2. The van der Waals surface area contributed by atoms with E-state index in [1.807, 2.05) is 20.8 Å². The molecule has 3 rings (SSSR count). The second kappa shape index (κ2) is 14.0. The second-order valence-electron chi connectivity index (χ2n) is 12.5. The average molecular weight is 620 g/mol. The molecule has 2 aliphatic rings. The van der Waals surface area contributed by atoms with Gasteiger partial charge >= 0.3 is 12.2 Å². The van der Waals surface area contributed by atoms with Gasteiger partial charge in [-0.15, -0.1) is 6.42 Å². The third kappa shape index (κ3) is 8.52. The van der Waals surface area contributed by atoms with Gasteiger partial charge in [0, 0.05) is 31.1 Å². The lowest BCUT2D eigenvalue weighted by atomic mass is 9.87. The number of hydrogen-bond donors (Lipinski definition) is 1. The number of urea groups is 1. The van der Waals surface area contributed by atoms with Crippen molar-refractivity contribution in [1.82, 2.24) is 10.2 Å². The summed E-state index contributed by atoms with van der Waals surface area (Å²) in [7, 11) is 0. The highest BCUT2D eigenvalue weighted by Crippen LogP contribution is 2.35. The summed E-state index contributed by atoms with van der Waals surface area (Å²) < 4.78 is 69.5. The Morgan fingerprint density at radius 2 is 1.73 bits per heavy atom. The van der Waals surface area contributed by atoms with Gasteiger partial charge in [-0.25, -0.2) is 13.6 Å². The van der Waals surface area contributed by atoms with Crippen LogP contribution in [0.3, 0.4) is 0 Å². The highest BCUT2D eigenvalue weighted by Gasteiger charge is 2.42. The first-order valence-corrected chi connectivity index (χ1v) is 14.9. The first-order chi connectivity index (χ1) is 20.5. The number of benzene rings is 1. The molecule has 0 bridgehead atoms. The first-order valence-electron chi connectivity index (χ1n) is 14.9. The van der Waals surface area contributed by atoms with Crippen molar-refractivity contribution >= 4 is 17.6 Å². The van der Waals surface area contributed by atoms with Crippen LogP contribution in [0.15, 0.2) is 60.2 Å². The Hall–Kier alpha value is -3.61. The van der Waals surface area contributed by atoms with Gasteiger partial charge in [-0.3, -0.25) is 9.69 Å². The molecule has 5 nitrogen and oxygen atoms in total. The number of allylic oxidation sites excluding steroid dienone is 3. The largest absolute Gasteiger partial charge is 0.416 e. The number of rotatable bonds is 7. The summed E-state index contributed by atoms with van der Waals surface area (Å²) in [5, 5.41) is 2.76. The van der Waals surface area contributed by atoms with Crippen LogP contribution in [0.1, 0.15) is 78.2 Å². The van der Waals surface area contributed by atoms with Crippen molar-refractivity contribution in [1.29, 1.82) is 0 Å². The van der Waals surface area contributed by atoms with Crippen LogP contribution in [-0.4, -0.2) is 53.6 Å². The first kappa shape index (κ1) is 34.9. The molecule has 1 aromatic rings. The maximum absolute atomic E-state index is 14.4. The van der Waals surface area contributed by atoms with E-state index in [9.17, 15) is 31.5 Å². The number of piperidine rings is 1. The van der Waals surface area contributed by atoms with E-state index >= 15 is 0 Å². The Balaban J connectivity index is 2.21. The standard InChI is InChI=1S/C34H42F5N3O2/c1-7-23(22-24(8-2)34(37,38)39)29(30(43)40-26-17-19-33(35,36)20-18-26)42(28-15-13-25(14-16-28)32(4,5)6)31(44)41-21-11-10-12-27(41)9-3/h3,7-8,13-16,22,26-27,29H,1,10-12,17-21H2,2,4-6H3,(H,40,43)/b23-22+,24-8+. The molecule has 2 unspecified atom stereocenters. The highest BCUT2D eigenvalue weighted by molar-refractivity contribution is 6.02. The maximum Gasteiger partial charge on any atom is 0.416 e. The SMILES string of the molecule is C#CC1CCCCN1C(=O)N(c1ccc(C(C)(C)C)cc1)C(C(=O)NC1CCC(F)(F)CC1)/C(C=C)=C/C(=C\C)C(F)(F)F. The lowest BCUT2D eigenvalue weighted by molar-refractivity contribution is -0.123. The highest BCUT2D eigenvalue weighted by atomic mass is 19.4. The number of amides is 3. The predicted octanol–water partition coefficient (Wildman–Crippen LogP) is 8.08. The van der Waals surface area contributed by atoms with Gasteiger partial charge < -0.3 is 10.2 Å². The fraction of sp³-hybridized carbons (Fsp3) is 0.529. The van der Waals surface area contributed by atoms with Gasteiger partial charge in [0.05, 0.1) is 11.6 Å². The maximum atomic E-state index is 14.4. The predicted molar refractivity (Wildman–Crippen MR) is 163 cm³/mol. The summed E-state index contributed by atoms with van der Waals surface area (Å²) in [4.78, 5) is 31.2. The molecule has 240 valence electrons. The molecular formula is C34H42F5N3O2. The van der Waals surface area contributed by atoms with Gasteiger partial charge in [-0.1, -0.05) is 57.6 Å². The molecule has 2 atom stereocenters. The van der Waals surface area contributed by atoms with Gasteiger partial charge in [-0.05, 0) is 73.8 Å². The van der Waals surface area contributed by atoms with E-state index < -0.39 is 60.6 Å². The summed E-state index contributed by atoms with van der Waals surface area (Å²) in [6.45, 7) is 11.2. The average Bonchev–Trinajstić information content (AvgIpc) is 2.96. The van der Waals surface area contributed by atoms with Crippen LogP contribution < -0.4 is 10.2 Å². The Bertz CT molecular complexity index is 1290. The molecule has 0 aromatic heterocycles. The minimum absolute atomic E-state index is 0.0131. The minimum Gasteiger partial charge on any atom is -0.351 e. The molecule has 0 spiro atoms. The Labute approximate surface area is 257 Å². The van der Waals surface area contributed by atoms with Crippen LogP contribution in [-0.2, 0) is 10.2 Å². The molecule has 1 aliphatic carbocycles. The number of carbonyl (C=O) groups is 2. The van der Waals surface area contributed by atoms with Crippen LogP contribution in [0, 0.1) is 12.3 Å². The topological polar surface area (TPSA) is 52.7 Å². The molecule has 2 fully saturated rings. The van der Waals surface area contributed by atoms with Gasteiger partial charge in [0.2, 0.25) is 11.8 Å². The van der Waals surface area contributed by atoms with E-state index in [1.165, 1.54) is 11.8 Å². The Kier molecular flexibility index (Phi) is 11.1. The normalized spacial score (nSPS) is 20.8. The van der Waals surface area contributed by atoms with Crippen molar-refractivity contribution < 1.29 is 31.5 Å². The summed E-state index contributed by atoms with van der Waals surface area (Å²) in [6, 6.07) is 3.42. The number of likely N-dealkylation sites (tertiary alicyclic amines) is 1. The second-order valence-corrected chi connectivity index (χ2v) is 12.5. The van der Waals surface area contributed by atoms with E-state index in [1.54, 1.807) is 24.3 Å². The fourth-order valence-electron chi connectivity index (χ4n) is 5.60. The molecule has 1 saturated carbocycles. The van der Waals surface area contributed by atoms with Crippen molar-refractivity contribution in [3.05, 3.63) is 65.8 Å². The van der Waals surface area contributed by atoms with Crippen LogP contribution in [0.2, 0.25) is 0 Å². The molecule has 1 N–H and O–H groups in total. The van der Waals surface area contributed by atoms with E-state index in [2.05, 4.69) is 17.8 Å². The molecule has 3 amide bonds. The fourth-order valence-corrected chi connectivity index (χ4v) is 5.60. The van der Waals surface area contributed by atoms with E-state index in [0.29, 0.717) is 19.4 Å². The third-order valence-corrected chi connectivity index (χ3v) is 8.24. The van der Waals surface area contributed by atoms with Crippen molar-refractivity contribution in [3.8, 4) is 12.3 Å². The monoisotopic (exact) mass is 619 g/mol. The Morgan fingerprint density at radius 3 is 2.23 bits per heavy atom. The molecule has 0 radical (unpaired) electrons. The molecular weight excluding hydrogens is 577 g/mol. The van der Waals surface area contributed by atoms with Crippen molar-refractivity contribution in [2.45, 2.75) is 108 Å². The number of anilines is 1. The smallest absolute Gasteiger partial charge is 0.351 e. The number of nitrogens with zero attached hydrogens (tertiary/aromatic N) is 2. The summed E-state index contributed by atoms with van der Waals surface area (Å²) >= 11 is 0. The van der Waals surface area contributed by atoms with E-state index in [-0.39, 0.29) is 29.5 Å². The number of carbonyl (C=O) groups excluding carboxylic acids is 2. The molecule has 1 aromatic carbocycles. The minimum atomic E-state index is -4.75. The molecule has 44 heavy (non-hydrogen) atoms. The van der Waals surface area contributed by atoms with Crippen LogP contribution in [0.25, 0.3) is 0 Å². The zero-order chi connectivity index (χ0) is 32.9. The van der Waals surface area contributed by atoms with Gasteiger partial charge in [0.15, 0.2) is 0 Å². The van der Waals surface area contributed by atoms with E-state index in [4.69, 9.17) is 6.42 Å². The van der Waals surface area contributed by atoms with Gasteiger partial charge in [0.25, 0.3) is 0 Å². The van der Waals surface area contributed by atoms with Crippen LogP contribution in [0.4, 0.5) is 32.4 Å². The van der Waals surface area contributed by atoms with Crippen molar-refractivity contribution in [2.24, 2.45) is 0 Å². The van der Waals surface area contributed by atoms with E-state index in [0.717, 1.165) is 35.1 Å². The molecule has 1 heterocycles. The summed E-state index contributed by atoms with van der Waals surface area (Å²) in [5.74, 6) is -1.02. The third-order valence-electron chi connectivity index (χ3n) is 8.24. The number of alkyl halides is 5. The van der Waals surface area contributed by atoms with Crippen LogP contribution in [0.5, 0.6) is 0 Å². The quantitative estimate of drug-likeness (QED) is 0.191. The number of halogens is 5. The number of terminal acetylenes is 1. The summed E-state index contributed by atoms with van der Waals surface area (Å²) in [6.07, 6.45) is 4.91. The van der Waals surface area contributed by atoms with Crippen LogP contribution >= 0.6 is 0 Å².